The quantitative estimate of drug-likeness (QED) is 0.552. The molecule has 0 aromatic heterocycles. The lowest BCUT2D eigenvalue weighted by atomic mass is 9.94. The minimum atomic E-state index is -0.120. The molecule has 1 aliphatic heterocycles. The van der Waals surface area contributed by atoms with E-state index >= 15 is 0 Å². The molecule has 152 valence electrons. The second-order valence-electron chi connectivity index (χ2n) is 7.95. The van der Waals surface area contributed by atoms with Crippen molar-refractivity contribution < 1.29 is 14.4 Å². The van der Waals surface area contributed by atoms with Crippen molar-refractivity contribution in [2.75, 3.05) is 20.1 Å². The number of nitrogens with zero attached hydrogens (tertiary/aromatic N) is 2. The Hall–Kier alpha value is -2.21. The zero-order valence-corrected chi connectivity index (χ0v) is 16.8. The van der Waals surface area contributed by atoms with Gasteiger partial charge in [-0.15, -0.1) is 0 Å². The van der Waals surface area contributed by atoms with Gasteiger partial charge >= 0.3 is 0 Å². The van der Waals surface area contributed by atoms with Gasteiger partial charge in [-0.1, -0.05) is 31.4 Å². The summed E-state index contributed by atoms with van der Waals surface area (Å²) in [4.78, 5) is 39.4. The highest BCUT2D eigenvalue weighted by Crippen LogP contribution is 2.21. The molecular weight excluding hydrogens is 354 g/mol. The van der Waals surface area contributed by atoms with Gasteiger partial charge in [0.2, 0.25) is 11.8 Å². The number of amides is 3. The van der Waals surface area contributed by atoms with Crippen molar-refractivity contribution in [1.29, 1.82) is 0 Å². The van der Waals surface area contributed by atoms with Crippen molar-refractivity contribution in [3.63, 3.8) is 0 Å². The molecule has 0 unspecified atom stereocenters. The zero-order valence-electron chi connectivity index (χ0n) is 16.8. The first kappa shape index (κ1) is 20.5. The van der Waals surface area contributed by atoms with Crippen LogP contribution in [0.5, 0.6) is 0 Å². The van der Waals surface area contributed by atoms with E-state index < -0.39 is 0 Å². The van der Waals surface area contributed by atoms with E-state index in [9.17, 15) is 14.4 Å². The summed E-state index contributed by atoms with van der Waals surface area (Å²) in [6, 6.07) is 7.83. The van der Waals surface area contributed by atoms with Crippen LogP contribution in [0.1, 0.15) is 67.3 Å². The monoisotopic (exact) mass is 385 g/mol. The van der Waals surface area contributed by atoms with Gasteiger partial charge in [0.1, 0.15) is 0 Å². The second-order valence-corrected chi connectivity index (χ2v) is 7.95. The van der Waals surface area contributed by atoms with Gasteiger partial charge in [-0.2, -0.15) is 0 Å². The van der Waals surface area contributed by atoms with Crippen LogP contribution in [0.3, 0.4) is 0 Å². The Morgan fingerprint density at radius 1 is 1.07 bits per heavy atom. The molecule has 1 saturated heterocycles. The normalized spacial score (nSPS) is 18.1. The van der Waals surface area contributed by atoms with E-state index in [1.807, 2.05) is 12.1 Å². The maximum atomic E-state index is 12.3. The van der Waals surface area contributed by atoms with Crippen LogP contribution in [0.25, 0.3) is 0 Å². The number of likely N-dealkylation sites (tertiary alicyclic amines) is 1. The van der Waals surface area contributed by atoms with Gasteiger partial charge in [-0.05, 0) is 50.6 Å². The molecule has 1 aromatic carbocycles. The predicted octanol–water partition coefficient (Wildman–Crippen LogP) is 2.72. The van der Waals surface area contributed by atoms with Gasteiger partial charge in [-0.3, -0.25) is 19.3 Å². The van der Waals surface area contributed by atoms with Crippen molar-refractivity contribution in [3.8, 4) is 0 Å². The summed E-state index contributed by atoms with van der Waals surface area (Å²) in [5.41, 5.74) is 1.46. The number of carbonyl (C=O) groups excluding carboxylic acids is 3. The lowest BCUT2D eigenvalue weighted by molar-refractivity contribution is -0.139. The van der Waals surface area contributed by atoms with Gasteiger partial charge in [0, 0.05) is 31.0 Å². The van der Waals surface area contributed by atoms with E-state index in [0.29, 0.717) is 31.0 Å². The smallest absolute Gasteiger partial charge is 0.251 e. The summed E-state index contributed by atoms with van der Waals surface area (Å²) >= 11 is 0. The molecule has 1 N–H and O–H groups in total. The topological polar surface area (TPSA) is 69.7 Å². The molecule has 0 spiro atoms. The number of hydrogen-bond donors (Lipinski definition) is 1. The highest BCUT2D eigenvalue weighted by molar-refractivity contribution is 6.01. The molecule has 0 bridgehead atoms. The van der Waals surface area contributed by atoms with Crippen LogP contribution < -0.4 is 5.32 Å². The minimum absolute atomic E-state index is 0.0832. The van der Waals surface area contributed by atoms with Crippen molar-refractivity contribution in [2.24, 2.45) is 0 Å². The molecular formula is C22H31N3O3. The van der Waals surface area contributed by atoms with Crippen molar-refractivity contribution in [3.05, 3.63) is 35.4 Å². The highest BCUT2D eigenvalue weighted by atomic mass is 16.2. The average molecular weight is 386 g/mol. The van der Waals surface area contributed by atoms with Gasteiger partial charge < -0.3 is 10.2 Å². The number of imide groups is 1. The van der Waals surface area contributed by atoms with Crippen molar-refractivity contribution in [2.45, 2.75) is 64.0 Å². The van der Waals surface area contributed by atoms with E-state index in [1.165, 1.54) is 37.0 Å². The van der Waals surface area contributed by atoms with Crippen LogP contribution >= 0.6 is 0 Å². The Morgan fingerprint density at radius 2 is 1.71 bits per heavy atom. The molecule has 0 radical (unpaired) electrons. The summed E-state index contributed by atoms with van der Waals surface area (Å²) in [7, 11) is 2.19. The average Bonchev–Trinajstić information content (AvgIpc) is 3.04. The summed E-state index contributed by atoms with van der Waals surface area (Å²) < 4.78 is 0. The lowest BCUT2D eigenvalue weighted by Gasteiger charge is -2.31. The third-order valence-corrected chi connectivity index (χ3v) is 5.88. The number of carbonyl (C=O) groups is 3. The largest absolute Gasteiger partial charge is 0.352 e. The third kappa shape index (κ3) is 5.41. The summed E-state index contributed by atoms with van der Waals surface area (Å²) in [5, 5.41) is 2.98. The Bertz CT molecular complexity index is 679. The fourth-order valence-corrected chi connectivity index (χ4v) is 4.08. The Kier molecular flexibility index (Phi) is 7.20. The molecule has 1 saturated carbocycles. The first-order valence-corrected chi connectivity index (χ1v) is 10.4. The van der Waals surface area contributed by atoms with Crippen LogP contribution in [0, 0.1) is 0 Å². The molecule has 3 rings (SSSR count). The van der Waals surface area contributed by atoms with Crippen LogP contribution in [0.15, 0.2) is 24.3 Å². The number of rotatable bonds is 8. The van der Waals surface area contributed by atoms with E-state index in [0.717, 1.165) is 18.5 Å². The van der Waals surface area contributed by atoms with Gasteiger partial charge in [-0.25, -0.2) is 0 Å². The fourth-order valence-electron chi connectivity index (χ4n) is 4.08. The molecule has 2 aliphatic rings. The van der Waals surface area contributed by atoms with E-state index in [-0.39, 0.29) is 24.3 Å². The van der Waals surface area contributed by atoms with Crippen molar-refractivity contribution in [1.82, 2.24) is 15.1 Å². The Labute approximate surface area is 167 Å². The molecule has 1 aromatic rings. The molecule has 0 atom stereocenters. The summed E-state index contributed by atoms with van der Waals surface area (Å²) in [6.07, 6.45) is 8.17. The van der Waals surface area contributed by atoms with Gasteiger partial charge in [0.05, 0.1) is 6.54 Å². The molecule has 1 aliphatic carbocycles. The number of hydrogen-bond acceptors (Lipinski definition) is 4. The highest BCUT2D eigenvalue weighted by Gasteiger charge is 2.28. The molecule has 28 heavy (non-hydrogen) atoms. The second kappa shape index (κ2) is 9.82. The number of nitrogens with one attached hydrogen (secondary N) is 1. The Morgan fingerprint density at radius 3 is 2.36 bits per heavy atom. The molecule has 3 amide bonds. The summed E-state index contributed by atoms with van der Waals surface area (Å²) in [6.45, 7) is 1.95. The standard InChI is InChI=1S/C22H31N3O3/c1-24(19-6-3-2-4-7-19)15-5-14-23-22(28)18-10-8-17(9-11-18)16-25-20(26)12-13-21(25)27/h8-11,19H,2-7,12-16H2,1H3,(H,23,28). The van der Waals surface area contributed by atoms with E-state index in [1.54, 1.807) is 12.1 Å². The van der Waals surface area contributed by atoms with Crippen molar-refractivity contribution >= 4 is 17.7 Å². The summed E-state index contributed by atoms with van der Waals surface area (Å²) in [5.74, 6) is -0.324. The van der Waals surface area contributed by atoms with Crippen LogP contribution in [0.4, 0.5) is 0 Å². The molecule has 6 nitrogen and oxygen atoms in total. The molecule has 1 heterocycles. The van der Waals surface area contributed by atoms with E-state index in [4.69, 9.17) is 0 Å². The van der Waals surface area contributed by atoms with Gasteiger partial charge in [0.25, 0.3) is 5.91 Å². The molecule has 2 fully saturated rings. The van der Waals surface area contributed by atoms with Gasteiger partial charge in [0.15, 0.2) is 0 Å². The maximum Gasteiger partial charge on any atom is 0.251 e. The van der Waals surface area contributed by atoms with Crippen LogP contribution in [-0.2, 0) is 16.1 Å². The Balaban J connectivity index is 1.39. The lowest BCUT2D eigenvalue weighted by Crippen LogP contribution is -2.35. The molecule has 6 heteroatoms. The van der Waals surface area contributed by atoms with Crippen LogP contribution in [0.2, 0.25) is 0 Å². The predicted molar refractivity (Wildman–Crippen MR) is 108 cm³/mol. The van der Waals surface area contributed by atoms with Crippen LogP contribution in [-0.4, -0.2) is 53.7 Å². The number of benzene rings is 1. The first-order chi connectivity index (χ1) is 13.5. The fraction of sp³-hybridized carbons (Fsp3) is 0.591. The SMILES string of the molecule is CN(CCCNC(=O)c1ccc(CN2C(=O)CCC2=O)cc1)C1CCCCC1. The zero-order chi connectivity index (χ0) is 19.9. The maximum absolute atomic E-state index is 12.3. The van der Waals surface area contributed by atoms with E-state index in [2.05, 4.69) is 17.3 Å². The third-order valence-electron chi connectivity index (χ3n) is 5.88. The minimum Gasteiger partial charge on any atom is -0.352 e. The first-order valence-electron chi connectivity index (χ1n) is 10.4.